The van der Waals surface area contributed by atoms with E-state index in [0.717, 1.165) is 0 Å². The van der Waals surface area contributed by atoms with Crippen LogP contribution in [0, 0.1) is 0 Å². The molecule has 0 aromatic rings. The molecule has 0 N–H and O–H groups in total. The van der Waals surface area contributed by atoms with Gasteiger partial charge in [0, 0.05) is 27.2 Å². The molecule has 0 saturated heterocycles. The molecule has 1 rings (SSSR count). The number of amides is 4. The molecule has 0 aromatic carbocycles. The van der Waals surface area contributed by atoms with Crippen LogP contribution in [0.2, 0.25) is 0 Å². The van der Waals surface area contributed by atoms with Crippen molar-refractivity contribution in [3.63, 3.8) is 0 Å². The van der Waals surface area contributed by atoms with Crippen molar-refractivity contribution in [3.8, 4) is 0 Å². The third-order valence-corrected chi connectivity index (χ3v) is 1.65. The highest BCUT2D eigenvalue weighted by molar-refractivity contribution is 5.80. The number of hydrogen-bond donors (Lipinski definition) is 0. The van der Waals surface area contributed by atoms with Crippen molar-refractivity contribution < 1.29 is 9.59 Å². The fraction of sp³-hybridized carbons (Fsp3) is 0.667. The molecule has 0 saturated carbocycles. The molecular formula is C6H10N4O2. The molecule has 0 bridgehead atoms. The number of nitrogens with zero attached hydrogens (tertiary/aromatic N) is 4. The smallest absolute Gasteiger partial charge is 0.323 e. The predicted octanol–water partition coefficient (Wildman–Crippen LogP) is 0.556. The number of carbonyl (C=O) groups is 2. The van der Waals surface area contributed by atoms with E-state index in [-0.39, 0.29) is 0 Å². The van der Waals surface area contributed by atoms with Gasteiger partial charge in [-0.25, -0.2) is 9.59 Å². The van der Waals surface area contributed by atoms with E-state index in [9.17, 15) is 9.59 Å². The number of carbonyl (C=O) groups excluding carboxylic acids is 2. The second kappa shape index (κ2) is 3.29. The summed E-state index contributed by atoms with van der Waals surface area (Å²) in [6.07, 6.45) is 0. The molecule has 0 spiro atoms. The van der Waals surface area contributed by atoms with Crippen LogP contribution in [0.4, 0.5) is 9.59 Å². The molecule has 66 valence electrons. The fourth-order valence-electron chi connectivity index (χ4n) is 0.730. The van der Waals surface area contributed by atoms with Crippen molar-refractivity contribution in [2.24, 2.45) is 10.2 Å². The van der Waals surface area contributed by atoms with Gasteiger partial charge < -0.3 is 9.80 Å². The fourth-order valence-corrected chi connectivity index (χ4v) is 0.730. The van der Waals surface area contributed by atoms with E-state index in [2.05, 4.69) is 10.2 Å². The Bertz CT molecular complexity index is 214. The molecule has 6 heteroatoms. The quantitative estimate of drug-likeness (QED) is 0.533. The summed E-state index contributed by atoms with van der Waals surface area (Å²) >= 11 is 0. The summed E-state index contributed by atoms with van der Waals surface area (Å²) in [6, 6.07) is -0.951. The first kappa shape index (κ1) is 8.63. The number of rotatable bonds is 0. The Morgan fingerprint density at radius 2 is 1.33 bits per heavy atom. The van der Waals surface area contributed by atoms with E-state index < -0.39 is 12.1 Å². The van der Waals surface area contributed by atoms with E-state index in [1.165, 1.54) is 9.80 Å². The summed E-state index contributed by atoms with van der Waals surface area (Å²) in [5, 5.41) is 6.43. The number of likely N-dealkylation sites (N-methyl/N-ethyl adjacent to an activating group) is 2. The average molecular weight is 170 g/mol. The van der Waals surface area contributed by atoms with Gasteiger partial charge in [0.25, 0.3) is 0 Å². The lowest BCUT2D eigenvalue weighted by atomic mass is 10.5. The van der Waals surface area contributed by atoms with Crippen LogP contribution in [0.1, 0.15) is 0 Å². The average Bonchev–Trinajstić information content (AvgIpc) is 2.07. The number of azo groups is 1. The van der Waals surface area contributed by atoms with Gasteiger partial charge in [-0.2, -0.15) is 0 Å². The van der Waals surface area contributed by atoms with Crippen LogP contribution in [0.3, 0.4) is 0 Å². The summed E-state index contributed by atoms with van der Waals surface area (Å²) in [5.74, 6) is 0. The number of hydrogen-bond acceptors (Lipinski definition) is 2. The Hall–Kier alpha value is -1.46. The first-order valence-electron chi connectivity index (χ1n) is 3.53. The molecule has 6 nitrogen and oxygen atoms in total. The van der Waals surface area contributed by atoms with Crippen LogP contribution in [0.5, 0.6) is 0 Å². The second-order valence-corrected chi connectivity index (χ2v) is 2.61. The standard InChI is InChI=1S/C6H10N4O2/c1-9-3-4-10(2)6(12)8-7-5(9)11/h3-4H2,1-2H3. The van der Waals surface area contributed by atoms with Gasteiger partial charge in [0.05, 0.1) is 0 Å². The predicted molar refractivity (Wildman–Crippen MR) is 40.9 cm³/mol. The van der Waals surface area contributed by atoms with Gasteiger partial charge in [0.1, 0.15) is 0 Å². The zero-order valence-corrected chi connectivity index (χ0v) is 7.02. The van der Waals surface area contributed by atoms with E-state index in [1.807, 2.05) is 0 Å². The minimum Gasteiger partial charge on any atom is -0.323 e. The molecule has 1 aliphatic heterocycles. The van der Waals surface area contributed by atoms with Gasteiger partial charge >= 0.3 is 12.1 Å². The van der Waals surface area contributed by atoms with Crippen molar-refractivity contribution in [2.75, 3.05) is 27.2 Å². The summed E-state index contributed by atoms with van der Waals surface area (Å²) in [4.78, 5) is 24.6. The number of urea groups is 2. The Balaban J connectivity index is 2.76. The highest BCUT2D eigenvalue weighted by atomic mass is 16.2. The normalized spacial score (nSPS) is 19.5. The van der Waals surface area contributed by atoms with Gasteiger partial charge in [-0.05, 0) is 0 Å². The van der Waals surface area contributed by atoms with Gasteiger partial charge in [-0.1, -0.05) is 10.2 Å². The first-order chi connectivity index (χ1) is 5.61. The van der Waals surface area contributed by atoms with Crippen molar-refractivity contribution >= 4 is 12.1 Å². The lowest BCUT2D eigenvalue weighted by Gasteiger charge is -2.20. The molecule has 0 fully saturated rings. The van der Waals surface area contributed by atoms with E-state index in [1.54, 1.807) is 14.1 Å². The second-order valence-electron chi connectivity index (χ2n) is 2.61. The lowest BCUT2D eigenvalue weighted by Crippen LogP contribution is -2.37. The van der Waals surface area contributed by atoms with Gasteiger partial charge in [-0.3, -0.25) is 0 Å². The molecule has 1 aliphatic rings. The van der Waals surface area contributed by atoms with Crippen molar-refractivity contribution in [1.29, 1.82) is 0 Å². The topological polar surface area (TPSA) is 65.3 Å². The third kappa shape index (κ3) is 1.77. The monoisotopic (exact) mass is 170 g/mol. The Labute approximate surface area is 69.8 Å². The van der Waals surface area contributed by atoms with Crippen LogP contribution < -0.4 is 0 Å². The maximum atomic E-state index is 10.9. The van der Waals surface area contributed by atoms with Gasteiger partial charge in [-0.15, -0.1) is 0 Å². The van der Waals surface area contributed by atoms with Crippen LogP contribution in [0.15, 0.2) is 10.2 Å². The Morgan fingerprint density at radius 3 is 1.67 bits per heavy atom. The van der Waals surface area contributed by atoms with Crippen LogP contribution in [-0.4, -0.2) is 49.0 Å². The molecule has 0 aliphatic carbocycles. The molecule has 12 heavy (non-hydrogen) atoms. The minimum atomic E-state index is -0.476. The zero-order chi connectivity index (χ0) is 9.14. The lowest BCUT2D eigenvalue weighted by molar-refractivity contribution is 0.192. The Kier molecular flexibility index (Phi) is 2.37. The van der Waals surface area contributed by atoms with Crippen molar-refractivity contribution in [2.45, 2.75) is 0 Å². The van der Waals surface area contributed by atoms with E-state index in [0.29, 0.717) is 13.1 Å². The molecule has 0 radical (unpaired) electrons. The third-order valence-electron chi connectivity index (χ3n) is 1.65. The summed E-state index contributed by atoms with van der Waals surface area (Å²) in [6.45, 7) is 0.972. The van der Waals surface area contributed by atoms with Crippen molar-refractivity contribution in [1.82, 2.24) is 9.80 Å². The van der Waals surface area contributed by atoms with Crippen LogP contribution >= 0.6 is 0 Å². The molecular weight excluding hydrogens is 160 g/mol. The van der Waals surface area contributed by atoms with Crippen LogP contribution in [0.25, 0.3) is 0 Å². The highest BCUT2D eigenvalue weighted by Crippen LogP contribution is 1.99. The maximum Gasteiger partial charge on any atom is 0.362 e. The maximum absolute atomic E-state index is 10.9. The first-order valence-corrected chi connectivity index (χ1v) is 3.53. The van der Waals surface area contributed by atoms with Gasteiger partial charge in [0.15, 0.2) is 0 Å². The molecule has 0 aromatic heterocycles. The SMILES string of the molecule is CN1CCN(C)C(=O)N=NC1=O. The minimum absolute atomic E-state index is 0.476. The molecule has 1 heterocycles. The largest absolute Gasteiger partial charge is 0.362 e. The zero-order valence-electron chi connectivity index (χ0n) is 7.02. The Morgan fingerprint density at radius 1 is 1.00 bits per heavy atom. The van der Waals surface area contributed by atoms with Crippen LogP contribution in [-0.2, 0) is 0 Å². The van der Waals surface area contributed by atoms with E-state index in [4.69, 9.17) is 0 Å². The summed E-state index contributed by atoms with van der Waals surface area (Å²) in [5.41, 5.74) is 0. The van der Waals surface area contributed by atoms with E-state index >= 15 is 0 Å². The molecule has 4 amide bonds. The highest BCUT2D eigenvalue weighted by Gasteiger charge is 2.15. The van der Waals surface area contributed by atoms with Gasteiger partial charge in [0.2, 0.25) is 0 Å². The van der Waals surface area contributed by atoms with Crippen molar-refractivity contribution in [3.05, 3.63) is 0 Å². The molecule has 0 atom stereocenters. The summed E-state index contributed by atoms with van der Waals surface area (Å²) in [7, 11) is 3.23. The summed E-state index contributed by atoms with van der Waals surface area (Å²) < 4.78 is 0. The molecule has 0 unspecified atom stereocenters.